The highest BCUT2D eigenvalue weighted by Gasteiger charge is 2.36. The predicted octanol–water partition coefficient (Wildman–Crippen LogP) is 2.43. The third-order valence-corrected chi connectivity index (χ3v) is 2.21. The van der Waals surface area contributed by atoms with Gasteiger partial charge >= 0.3 is 5.97 Å². The van der Waals surface area contributed by atoms with Crippen LogP contribution in [0.4, 0.5) is 4.39 Å². The first-order valence-electron chi connectivity index (χ1n) is 5.62. The minimum atomic E-state index is -1.27. The summed E-state index contributed by atoms with van der Waals surface area (Å²) in [5, 5.41) is 0. The Kier molecular flexibility index (Phi) is 4.92. The van der Waals surface area contributed by atoms with Crippen molar-refractivity contribution in [1.82, 2.24) is 0 Å². The van der Waals surface area contributed by atoms with Crippen molar-refractivity contribution in [2.45, 2.75) is 65.3 Å². The summed E-state index contributed by atoms with van der Waals surface area (Å²) < 4.78 is 18.7. The van der Waals surface area contributed by atoms with Crippen molar-refractivity contribution in [3.63, 3.8) is 0 Å². The molecule has 0 aliphatic carbocycles. The molecule has 2 unspecified atom stereocenters. The van der Waals surface area contributed by atoms with Crippen molar-refractivity contribution >= 4 is 5.97 Å². The number of hydrogen-bond donors (Lipinski definition) is 1. The highest BCUT2D eigenvalue weighted by Crippen LogP contribution is 2.21. The predicted molar refractivity (Wildman–Crippen MR) is 62.8 cm³/mol. The van der Waals surface area contributed by atoms with E-state index in [1.54, 1.807) is 34.6 Å². The highest BCUT2D eigenvalue weighted by molar-refractivity contribution is 5.80. The van der Waals surface area contributed by atoms with E-state index in [1.165, 1.54) is 6.92 Å². The molecule has 0 amide bonds. The van der Waals surface area contributed by atoms with Gasteiger partial charge in [-0.25, -0.2) is 4.39 Å². The zero-order valence-electron chi connectivity index (χ0n) is 11.1. The largest absolute Gasteiger partial charge is 0.459 e. The second-order valence-corrected chi connectivity index (χ2v) is 5.88. The number of alkyl halides is 1. The van der Waals surface area contributed by atoms with Crippen LogP contribution in [0.3, 0.4) is 0 Å². The van der Waals surface area contributed by atoms with Gasteiger partial charge in [0.15, 0.2) is 0 Å². The number of ether oxygens (including phenoxy) is 1. The first-order valence-corrected chi connectivity index (χ1v) is 5.62. The van der Waals surface area contributed by atoms with Crippen LogP contribution in [0.15, 0.2) is 0 Å². The van der Waals surface area contributed by atoms with E-state index in [-0.39, 0.29) is 12.3 Å². The fraction of sp³-hybridized carbons (Fsp3) is 0.917. The molecule has 0 radical (unpaired) electrons. The summed E-state index contributed by atoms with van der Waals surface area (Å²) in [6, 6.07) is 0. The maximum Gasteiger partial charge on any atom is 0.326 e. The lowest BCUT2D eigenvalue weighted by atomic mass is 9.91. The molecule has 0 rings (SSSR count). The van der Waals surface area contributed by atoms with E-state index < -0.39 is 23.3 Å². The number of carbonyl (C=O) groups is 1. The third kappa shape index (κ3) is 5.45. The minimum Gasteiger partial charge on any atom is -0.459 e. The van der Waals surface area contributed by atoms with Gasteiger partial charge in [0.2, 0.25) is 0 Å². The molecule has 3 nitrogen and oxygen atoms in total. The molecule has 0 aromatic rings. The van der Waals surface area contributed by atoms with Crippen molar-refractivity contribution in [3.8, 4) is 0 Å². The lowest BCUT2D eigenvalue weighted by Crippen LogP contribution is -2.50. The van der Waals surface area contributed by atoms with Gasteiger partial charge in [-0.2, -0.15) is 0 Å². The molecule has 0 aliphatic heterocycles. The molecule has 0 saturated heterocycles. The van der Waals surface area contributed by atoms with Gasteiger partial charge in [0.25, 0.3) is 0 Å². The smallest absolute Gasteiger partial charge is 0.326 e. The first kappa shape index (κ1) is 15.4. The normalized spacial score (nSPS) is 18.1. The summed E-state index contributed by atoms with van der Waals surface area (Å²) in [5.74, 6) is -0.700. The molecule has 16 heavy (non-hydrogen) atoms. The van der Waals surface area contributed by atoms with Gasteiger partial charge in [-0.1, -0.05) is 13.8 Å². The van der Waals surface area contributed by atoms with Crippen LogP contribution in [0.1, 0.15) is 48.0 Å². The molecular formula is C12H24FNO2. The number of halogens is 1. The van der Waals surface area contributed by atoms with Crippen LogP contribution in [0, 0.1) is 5.92 Å². The standard InChI is InChI=1S/C12H24FNO2/c1-8(2)9(13)7-12(6,14)10(15)16-11(3,4)5/h8-9H,7,14H2,1-6H3. The number of nitrogens with two attached hydrogens (primary N) is 1. The molecule has 0 spiro atoms. The van der Waals surface area contributed by atoms with Gasteiger partial charge in [0, 0.05) is 6.42 Å². The summed E-state index contributed by atoms with van der Waals surface area (Å²) in [6.45, 7) is 10.3. The van der Waals surface area contributed by atoms with Crippen LogP contribution in [-0.4, -0.2) is 23.3 Å². The van der Waals surface area contributed by atoms with Gasteiger partial charge in [0.1, 0.15) is 17.3 Å². The molecule has 0 bridgehead atoms. The quantitative estimate of drug-likeness (QED) is 0.759. The van der Waals surface area contributed by atoms with Crippen LogP contribution in [-0.2, 0) is 9.53 Å². The van der Waals surface area contributed by atoms with Crippen molar-refractivity contribution in [2.24, 2.45) is 11.7 Å². The maximum atomic E-state index is 13.5. The van der Waals surface area contributed by atoms with Crippen LogP contribution in [0.5, 0.6) is 0 Å². The van der Waals surface area contributed by atoms with Gasteiger partial charge in [-0.3, -0.25) is 4.79 Å². The highest BCUT2D eigenvalue weighted by atomic mass is 19.1. The Bertz CT molecular complexity index is 244. The van der Waals surface area contributed by atoms with E-state index in [0.717, 1.165) is 0 Å². The number of hydrogen-bond acceptors (Lipinski definition) is 3. The topological polar surface area (TPSA) is 52.3 Å². The molecule has 4 heteroatoms. The SMILES string of the molecule is CC(C)C(F)CC(C)(N)C(=O)OC(C)(C)C. The van der Waals surface area contributed by atoms with Gasteiger partial charge in [-0.05, 0) is 33.6 Å². The van der Waals surface area contributed by atoms with Crippen LogP contribution >= 0.6 is 0 Å². The average molecular weight is 233 g/mol. The Balaban J connectivity index is 4.49. The number of esters is 1. The molecule has 2 atom stereocenters. The Hall–Kier alpha value is -0.640. The van der Waals surface area contributed by atoms with Gasteiger partial charge in [0.05, 0.1) is 0 Å². The lowest BCUT2D eigenvalue weighted by Gasteiger charge is -2.30. The van der Waals surface area contributed by atoms with Crippen molar-refractivity contribution < 1.29 is 13.9 Å². The molecule has 0 saturated carbocycles. The lowest BCUT2D eigenvalue weighted by molar-refractivity contribution is -0.162. The third-order valence-electron chi connectivity index (χ3n) is 2.21. The van der Waals surface area contributed by atoms with E-state index in [1.807, 2.05) is 0 Å². The van der Waals surface area contributed by atoms with Crippen molar-refractivity contribution in [2.75, 3.05) is 0 Å². The number of rotatable bonds is 4. The fourth-order valence-electron chi connectivity index (χ4n) is 1.12. The Morgan fingerprint density at radius 2 is 1.75 bits per heavy atom. The average Bonchev–Trinajstić information content (AvgIpc) is 1.99. The summed E-state index contributed by atoms with van der Waals surface area (Å²) >= 11 is 0. The zero-order chi connectivity index (χ0) is 13.1. The van der Waals surface area contributed by atoms with Crippen molar-refractivity contribution in [1.29, 1.82) is 0 Å². The minimum absolute atomic E-state index is 0.0143. The Labute approximate surface area is 97.5 Å². The second-order valence-electron chi connectivity index (χ2n) is 5.88. The fourth-order valence-corrected chi connectivity index (χ4v) is 1.12. The molecule has 0 aromatic carbocycles. The van der Waals surface area contributed by atoms with Crippen LogP contribution in [0.2, 0.25) is 0 Å². The molecule has 0 aliphatic rings. The summed E-state index contributed by atoms with van der Waals surface area (Å²) in [7, 11) is 0. The molecular weight excluding hydrogens is 209 g/mol. The van der Waals surface area contributed by atoms with Crippen LogP contribution < -0.4 is 5.73 Å². The monoisotopic (exact) mass is 233 g/mol. The van der Waals surface area contributed by atoms with E-state index in [0.29, 0.717) is 0 Å². The van der Waals surface area contributed by atoms with Gasteiger partial charge < -0.3 is 10.5 Å². The molecule has 0 fully saturated rings. The summed E-state index contributed by atoms with van der Waals surface area (Å²) in [4.78, 5) is 11.7. The van der Waals surface area contributed by atoms with Crippen LogP contribution in [0.25, 0.3) is 0 Å². The van der Waals surface area contributed by atoms with Crippen molar-refractivity contribution in [3.05, 3.63) is 0 Å². The molecule has 0 heterocycles. The molecule has 0 aromatic heterocycles. The molecule has 2 N–H and O–H groups in total. The molecule has 96 valence electrons. The maximum absolute atomic E-state index is 13.5. The summed E-state index contributed by atoms with van der Waals surface area (Å²) in [5.41, 5.74) is 3.93. The van der Waals surface area contributed by atoms with E-state index in [9.17, 15) is 9.18 Å². The van der Waals surface area contributed by atoms with E-state index >= 15 is 0 Å². The second kappa shape index (κ2) is 5.13. The Morgan fingerprint density at radius 1 is 1.31 bits per heavy atom. The zero-order valence-corrected chi connectivity index (χ0v) is 11.1. The van der Waals surface area contributed by atoms with E-state index in [4.69, 9.17) is 10.5 Å². The van der Waals surface area contributed by atoms with E-state index in [2.05, 4.69) is 0 Å². The Morgan fingerprint density at radius 3 is 2.06 bits per heavy atom. The van der Waals surface area contributed by atoms with Gasteiger partial charge in [-0.15, -0.1) is 0 Å². The summed E-state index contributed by atoms with van der Waals surface area (Å²) in [6.07, 6.45) is -1.11. The number of carbonyl (C=O) groups excluding carboxylic acids is 1. The first-order chi connectivity index (χ1) is 6.96.